The van der Waals surface area contributed by atoms with Crippen molar-refractivity contribution in [3.05, 3.63) is 70.3 Å². The smallest absolute Gasteiger partial charge is 0.284 e. The third-order valence-corrected chi connectivity index (χ3v) is 2.51. The van der Waals surface area contributed by atoms with Gasteiger partial charge in [0.2, 0.25) is 0 Å². The Hall–Kier alpha value is -3.27. The number of hydrogen-bond donors (Lipinski definition) is 1. The second-order valence-corrected chi connectivity index (χ2v) is 4.69. The minimum absolute atomic E-state index is 0.0993. The lowest BCUT2D eigenvalue weighted by Gasteiger charge is -2.13. The number of rotatable bonds is 7. The van der Waals surface area contributed by atoms with Crippen molar-refractivity contribution >= 4 is 0 Å². The molecule has 0 aliphatic heterocycles. The van der Waals surface area contributed by atoms with Crippen LogP contribution in [0.5, 0.6) is 11.5 Å². The predicted octanol–water partition coefficient (Wildman–Crippen LogP) is 2.87. The first-order valence-electron chi connectivity index (χ1n) is 6.69. The van der Waals surface area contributed by atoms with E-state index < -0.39 is 4.92 Å². The van der Waals surface area contributed by atoms with Crippen LogP contribution < -0.4 is 15.2 Å². The van der Waals surface area contributed by atoms with E-state index in [9.17, 15) is 10.1 Å². The molecule has 0 spiro atoms. The van der Waals surface area contributed by atoms with Crippen molar-refractivity contribution in [2.45, 2.75) is 20.0 Å². The minimum atomic E-state index is -0.625. The second kappa shape index (κ2) is 8.24. The summed E-state index contributed by atoms with van der Waals surface area (Å²) < 4.78 is 11.0. The van der Waals surface area contributed by atoms with Crippen LogP contribution in [0.2, 0.25) is 0 Å². The molecule has 0 saturated carbocycles. The van der Waals surface area contributed by atoms with Crippen LogP contribution in [0.3, 0.4) is 0 Å². The van der Waals surface area contributed by atoms with Crippen LogP contribution in [0.4, 0.5) is 0 Å². The van der Waals surface area contributed by atoms with Crippen molar-refractivity contribution in [2.24, 2.45) is 5.73 Å². The van der Waals surface area contributed by atoms with Gasteiger partial charge in [0.1, 0.15) is 23.3 Å². The SMILES string of the molecule is C=C(/C=C\C(=C/N)[N+](=O)[O-])Oc1ccc(C#N)c(OC(C)C)c1. The molecule has 0 unspecified atom stereocenters. The van der Waals surface area contributed by atoms with E-state index in [0.29, 0.717) is 17.1 Å². The summed E-state index contributed by atoms with van der Waals surface area (Å²) in [4.78, 5) is 9.98. The molecule has 7 heteroatoms. The molecule has 0 fully saturated rings. The highest BCUT2D eigenvalue weighted by Crippen LogP contribution is 2.26. The zero-order valence-electron chi connectivity index (χ0n) is 12.9. The predicted molar refractivity (Wildman–Crippen MR) is 85.1 cm³/mol. The van der Waals surface area contributed by atoms with E-state index in [1.54, 1.807) is 18.2 Å². The Morgan fingerprint density at radius 1 is 1.48 bits per heavy atom. The number of allylic oxidation sites excluding steroid dienone is 2. The van der Waals surface area contributed by atoms with Gasteiger partial charge in [-0.05, 0) is 32.1 Å². The molecular weight excluding hydrogens is 298 g/mol. The van der Waals surface area contributed by atoms with Gasteiger partial charge in [0.05, 0.1) is 22.8 Å². The van der Waals surface area contributed by atoms with E-state index in [2.05, 4.69) is 6.58 Å². The third kappa shape index (κ3) is 5.55. The molecule has 2 N–H and O–H groups in total. The molecule has 23 heavy (non-hydrogen) atoms. The van der Waals surface area contributed by atoms with Gasteiger partial charge in [-0.1, -0.05) is 6.58 Å². The van der Waals surface area contributed by atoms with Gasteiger partial charge < -0.3 is 15.2 Å². The van der Waals surface area contributed by atoms with Crippen LogP contribution in [0.1, 0.15) is 19.4 Å². The summed E-state index contributed by atoms with van der Waals surface area (Å²) in [6, 6.07) is 6.73. The lowest BCUT2D eigenvalue weighted by atomic mass is 10.2. The lowest BCUT2D eigenvalue weighted by Crippen LogP contribution is -2.07. The quantitative estimate of drug-likeness (QED) is 0.358. The van der Waals surface area contributed by atoms with Gasteiger partial charge in [-0.15, -0.1) is 0 Å². The molecule has 0 heterocycles. The third-order valence-electron chi connectivity index (χ3n) is 2.51. The van der Waals surface area contributed by atoms with E-state index in [4.69, 9.17) is 20.5 Å². The zero-order valence-corrected chi connectivity index (χ0v) is 12.9. The summed E-state index contributed by atoms with van der Waals surface area (Å²) in [6.07, 6.45) is 3.28. The molecule has 0 atom stereocenters. The van der Waals surface area contributed by atoms with Gasteiger partial charge in [0, 0.05) is 12.1 Å². The van der Waals surface area contributed by atoms with Crippen LogP contribution in [0.25, 0.3) is 0 Å². The first-order chi connectivity index (χ1) is 10.9. The first-order valence-corrected chi connectivity index (χ1v) is 6.69. The second-order valence-electron chi connectivity index (χ2n) is 4.69. The van der Waals surface area contributed by atoms with Crippen molar-refractivity contribution in [2.75, 3.05) is 0 Å². The maximum absolute atomic E-state index is 10.6. The maximum Gasteiger partial charge on any atom is 0.284 e. The standard InChI is InChI=1S/C16H17N3O4/c1-11(2)22-16-8-15(7-5-13(16)9-17)23-12(3)4-6-14(10-18)19(20)21/h4-8,10-11H,3,18H2,1-2H3/b6-4-,14-10+. The Balaban J connectivity index is 2.89. The Kier molecular flexibility index (Phi) is 6.37. The molecule has 0 radical (unpaired) electrons. The molecule has 7 nitrogen and oxygen atoms in total. The fraction of sp³-hybridized carbons (Fsp3) is 0.188. The summed E-state index contributed by atoms with van der Waals surface area (Å²) in [6.45, 7) is 7.33. The van der Waals surface area contributed by atoms with Gasteiger partial charge in [-0.3, -0.25) is 10.1 Å². The largest absolute Gasteiger partial charge is 0.489 e. The molecule has 1 aromatic rings. The number of nitro groups is 1. The fourth-order valence-corrected chi connectivity index (χ4v) is 1.55. The molecule has 0 bridgehead atoms. The Morgan fingerprint density at radius 3 is 2.70 bits per heavy atom. The van der Waals surface area contributed by atoms with Crippen LogP contribution in [-0.4, -0.2) is 11.0 Å². The van der Waals surface area contributed by atoms with E-state index in [1.807, 2.05) is 19.9 Å². The number of benzene rings is 1. The number of nitriles is 1. The maximum atomic E-state index is 10.6. The highest BCUT2D eigenvalue weighted by molar-refractivity contribution is 5.48. The average molecular weight is 315 g/mol. The molecule has 0 aliphatic carbocycles. The van der Waals surface area contributed by atoms with Crippen molar-refractivity contribution in [1.29, 1.82) is 5.26 Å². The summed E-state index contributed by atoms with van der Waals surface area (Å²) in [5.74, 6) is 0.963. The van der Waals surface area contributed by atoms with Crippen LogP contribution in [0.15, 0.2) is 54.6 Å². The Morgan fingerprint density at radius 2 is 2.17 bits per heavy atom. The Bertz CT molecular complexity index is 700. The minimum Gasteiger partial charge on any atom is -0.489 e. The molecule has 0 aromatic heterocycles. The fourth-order valence-electron chi connectivity index (χ4n) is 1.55. The summed E-state index contributed by atoms with van der Waals surface area (Å²) in [5.41, 5.74) is 5.24. The van der Waals surface area contributed by atoms with Gasteiger partial charge in [-0.2, -0.15) is 5.26 Å². The van der Waals surface area contributed by atoms with Crippen LogP contribution in [0, 0.1) is 21.4 Å². The molecule has 0 aliphatic rings. The topological polar surface area (TPSA) is 111 Å². The number of nitrogens with zero attached hydrogens (tertiary/aromatic N) is 2. The van der Waals surface area contributed by atoms with Gasteiger partial charge in [0.15, 0.2) is 0 Å². The normalized spacial score (nSPS) is 11.3. The highest BCUT2D eigenvalue weighted by Gasteiger charge is 2.09. The van der Waals surface area contributed by atoms with Crippen molar-refractivity contribution in [3.8, 4) is 17.6 Å². The van der Waals surface area contributed by atoms with E-state index in [0.717, 1.165) is 6.20 Å². The van der Waals surface area contributed by atoms with Gasteiger partial charge >= 0.3 is 0 Å². The monoisotopic (exact) mass is 315 g/mol. The molecule has 0 amide bonds. The molecule has 1 rings (SSSR count). The summed E-state index contributed by atoms with van der Waals surface area (Å²) >= 11 is 0. The summed E-state index contributed by atoms with van der Waals surface area (Å²) in [5, 5.41) is 19.7. The molecule has 1 aromatic carbocycles. The molecule has 0 saturated heterocycles. The van der Waals surface area contributed by atoms with E-state index in [1.165, 1.54) is 12.2 Å². The van der Waals surface area contributed by atoms with E-state index >= 15 is 0 Å². The highest BCUT2D eigenvalue weighted by atomic mass is 16.6. The van der Waals surface area contributed by atoms with Gasteiger partial charge in [0.25, 0.3) is 5.70 Å². The van der Waals surface area contributed by atoms with Gasteiger partial charge in [-0.25, -0.2) is 0 Å². The van der Waals surface area contributed by atoms with Crippen LogP contribution >= 0.6 is 0 Å². The van der Waals surface area contributed by atoms with Crippen molar-refractivity contribution in [1.82, 2.24) is 0 Å². The zero-order chi connectivity index (χ0) is 17.4. The lowest BCUT2D eigenvalue weighted by molar-refractivity contribution is -0.419. The van der Waals surface area contributed by atoms with E-state index in [-0.39, 0.29) is 17.6 Å². The molecule has 120 valence electrons. The first kappa shape index (κ1) is 17.8. The average Bonchev–Trinajstić information content (AvgIpc) is 2.47. The number of ether oxygens (including phenoxy) is 2. The number of hydrogen-bond acceptors (Lipinski definition) is 6. The Labute approximate surface area is 134 Å². The summed E-state index contributed by atoms with van der Waals surface area (Å²) in [7, 11) is 0. The number of nitrogens with two attached hydrogens (primary N) is 1. The van der Waals surface area contributed by atoms with Crippen molar-refractivity contribution in [3.63, 3.8) is 0 Å². The molecular formula is C16H17N3O4. The van der Waals surface area contributed by atoms with Crippen LogP contribution in [-0.2, 0) is 0 Å². The van der Waals surface area contributed by atoms with Crippen molar-refractivity contribution < 1.29 is 14.4 Å².